The van der Waals surface area contributed by atoms with E-state index in [4.69, 9.17) is 0 Å². The number of hydrogen-bond acceptors (Lipinski definition) is 4. The lowest BCUT2D eigenvalue weighted by Crippen LogP contribution is -2.50. The van der Waals surface area contributed by atoms with Crippen LogP contribution in [0.15, 0.2) is 12.1 Å². The molecule has 0 bridgehead atoms. The SMILES string of the molecule is CCC(CC)(CO)NC(=O)c1ccc([N+](=O)[O-])[nH]1. The minimum absolute atomic E-state index is 0.112. The molecule has 0 spiro atoms. The molecule has 18 heavy (non-hydrogen) atoms. The molecule has 0 saturated carbocycles. The molecule has 0 atom stereocenters. The summed E-state index contributed by atoms with van der Waals surface area (Å²) in [6.45, 7) is 3.54. The van der Waals surface area contributed by atoms with E-state index in [2.05, 4.69) is 10.3 Å². The lowest BCUT2D eigenvalue weighted by atomic mass is 9.94. The van der Waals surface area contributed by atoms with Crippen molar-refractivity contribution in [1.29, 1.82) is 0 Å². The second kappa shape index (κ2) is 5.63. The number of hydrogen-bond donors (Lipinski definition) is 3. The Labute approximate surface area is 104 Å². The Morgan fingerprint density at radius 2 is 2.11 bits per heavy atom. The zero-order valence-corrected chi connectivity index (χ0v) is 10.4. The van der Waals surface area contributed by atoms with E-state index in [0.29, 0.717) is 12.8 Å². The van der Waals surface area contributed by atoms with E-state index in [0.717, 1.165) is 0 Å². The van der Waals surface area contributed by atoms with Crippen molar-refractivity contribution in [2.24, 2.45) is 0 Å². The molecule has 0 fully saturated rings. The number of nitro groups is 1. The number of amides is 1. The molecule has 7 heteroatoms. The van der Waals surface area contributed by atoms with Crippen LogP contribution in [-0.4, -0.2) is 33.1 Å². The van der Waals surface area contributed by atoms with Crippen molar-refractivity contribution in [1.82, 2.24) is 10.3 Å². The molecular weight excluding hydrogens is 238 g/mol. The molecule has 1 rings (SSSR count). The van der Waals surface area contributed by atoms with Crippen LogP contribution in [0, 0.1) is 10.1 Å². The van der Waals surface area contributed by atoms with Gasteiger partial charge in [0.25, 0.3) is 5.91 Å². The maximum Gasteiger partial charge on any atom is 0.321 e. The molecule has 7 nitrogen and oxygen atoms in total. The van der Waals surface area contributed by atoms with Crippen LogP contribution in [0.3, 0.4) is 0 Å². The molecule has 0 saturated heterocycles. The van der Waals surface area contributed by atoms with Crippen LogP contribution in [0.25, 0.3) is 0 Å². The first kappa shape index (κ1) is 14.2. The van der Waals surface area contributed by atoms with Crippen LogP contribution in [0.1, 0.15) is 37.2 Å². The van der Waals surface area contributed by atoms with Gasteiger partial charge in [-0.05, 0) is 23.8 Å². The Morgan fingerprint density at radius 3 is 2.50 bits per heavy atom. The second-order valence-electron chi connectivity index (χ2n) is 4.11. The smallest absolute Gasteiger partial charge is 0.321 e. The first-order valence-electron chi connectivity index (χ1n) is 5.74. The van der Waals surface area contributed by atoms with Crippen molar-refractivity contribution < 1.29 is 14.8 Å². The monoisotopic (exact) mass is 255 g/mol. The van der Waals surface area contributed by atoms with Crippen LogP contribution in [0.2, 0.25) is 0 Å². The average molecular weight is 255 g/mol. The zero-order valence-electron chi connectivity index (χ0n) is 10.4. The molecule has 0 aliphatic heterocycles. The largest absolute Gasteiger partial charge is 0.394 e. The molecule has 1 heterocycles. The lowest BCUT2D eigenvalue weighted by Gasteiger charge is -2.30. The van der Waals surface area contributed by atoms with E-state index in [1.807, 2.05) is 13.8 Å². The minimum Gasteiger partial charge on any atom is -0.394 e. The lowest BCUT2D eigenvalue weighted by molar-refractivity contribution is -0.389. The van der Waals surface area contributed by atoms with Crippen molar-refractivity contribution in [3.05, 3.63) is 27.9 Å². The molecule has 1 aromatic rings. The van der Waals surface area contributed by atoms with Crippen LogP contribution < -0.4 is 5.32 Å². The number of carbonyl (C=O) groups is 1. The fourth-order valence-electron chi connectivity index (χ4n) is 1.62. The van der Waals surface area contributed by atoms with Gasteiger partial charge in [-0.1, -0.05) is 13.8 Å². The Hall–Kier alpha value is -1.89. The molecule has 0 unspecified atom stereocenters. The highest BCUT2D eigenvalue weighted by atomic mass is 16.6. The number of nitrogens with zero attached hydrogens (tertiary/aromatic N) is 1. The highest BCUT2D eigenvalue weighted by Crippen LogP contribution is 2.16. The highest BCUT2D eigenvalue weighted by Gasteiger charge is 2.29. The molecular formula is C11H17N3O4. The predicted molar refractivity (Wildman–Crippen MR) is 65.3 cm³/mol. The third kappa shape index (κ3) is 2.86. The van der Waals surface area contributed by atoms with Gasteiger partial charge >= 0.3 is 5.82 Å². The van der Waals surface area contributed by atoms with E-state index in [1.165, 1.54) is 12.1 Å². The third-order valence-electron chi connectivity index (χ3n) is 3.15. The summed E-state index contributed by atoms with van der Waals surface area (Å²) in [6.07, 6.45) is 1.16. The second-order valence-corrected chi connectivity index (χ2v) is 4.11. The third-order valence-corrected chi connectivity index (χ3v) is 3.15. The maximum absolute atomic E-state index is 11.9. The number of aliphatic hydroxyl groups excluding tert-OH is 1. The summed E-state index contributed by atoms with van der Waals surface area (Å²) in [7, 11) is 0. The maximum atomic E-state index is 11.9. The number of rotatable bonds is 6. The van der Waals surface area contributed by atoms with Gasteiger partial charge in [0, 0.05) is 6.07 Å². The summed E-state index contributed by atoms with van der Waals surface area (Å²) < 4.78 is 0. The Morgan fingerprint density at radius 1 is 1.50 bits per heavy atom. The number of H-pyrrole nitrogens is 1. The number of carbonyl (C=O) groups excluding carboxylic acids is 1. The van der Waals surface area contributed by atoms with Gasteiger partial charge in [0.15, 0.2) is 5.69 Å². The number of aromatic amines is 1. The predicted octanol–water partition coefficient (Wildman–Crippen LogP) is 1.20. The van der Waals surface area contributed by atoms with Gasteiger partial charge in [0.1, 0.15) is 0 Å². The van der Waals surface area contributed by atoms with E-state index < -0.39 is 16.4 Å². The Bertz CT molecular complexity index is 429. The van der Waals surface area contributed by atoms with Gasteiger partial charge in [0.2, 0.25) is 0 Å². The molecule has 1 amide bonds. The van der Waals surface area contributed by atoms with Crippen molar-refractivity contribution in [3.8, 4) is 0 Å². The Kier molecular flexibility index (Phi) is 4.43. The molecule has 0 aromatic carbocycles. The van der Waals surface area contributed by atoms with Gasteiger partial charge in [0.05, 0.1) is 12.1 Å². The quantitative estimate of drug-likeness (QED) is 0.524. The summed E-state index contributed by atoms with van der Waals surface area (Å²) in [6, 6.07) is 2.58. The van der Waals surface area contributed by atoms with Crippen LogP contribution in [0.5, 0.6) is 0 Å². The van der Waals surface area contributed by atoms with E-state index in [9.17, 15) is 20.0 Å². The zero-order chi connectivity index (χ0) is 13.8. The molecule has 1 aromatic heterocycles. The Balaban J connectivity index is 2.84. The summed E-state index contributed by atoms with van der Waals surface area (Å²) in [5.41, 5.74) is -0.571. The van der Waals surface area contributed by atoms with Gasteiger partial charge in [-0.2, -0.15) is 0 Å². The molecule has 0 aliphatic rings. The standard InChI is InChI=1S/C11H17N3O4/c1-3-11(4-2,7-15)13-10(16)8-5-6-9(12-8)14(17)18/h5-6,12,15H,3-4,7H2,1-2H3,(H,13,16). The highest BCUT2D eigenvalue weighted by molar-refractivity contribution is 5.93. The molecule has 3 N–H and O–H groups in total. The van der Waals surface area contributed by atoms with Crippen molar-refractivity contribution >= 4 is 11.7 Å². The fourth-order valence-corrected chi connectivity index (χ4v) is 1.62. The average Bonchev–Trinajstić information content (AvgIpc) is 2.86. The summed E-state index contributed by atoms with van der Waals surface area (Å²) in [5.74, 6) is -0.691. The van der Waals surface area contributed by atoms with Gasteiger partial charge in [-0.15, -0.1) is 0 Å². The molecule has 0 radical (unpaired) electrons. The fraction of sp³-hybridized carbons (Fsp3) is 0.545. The normalized spacial score (nSPS) is 11.3. The first-order valence-corrected chi connectivity index (χ1v) is 5.74. The molecule has 0 aliphatic carbocycles. The van der Waals surface area contributed by atoms with Crippen LogP contribution >= 0.6 is 0 Å². The van der Waals surface area contributed by atoms with E-state index >= 15 is 0 Å². The first-order chi connectivity index (χ1) is 8.48. The number of aliphatic hydroxyl groups is 1. The minimum atomic E-state index is -0.684. The van der Waals surface area contributed by atoms with Gasteiger partial charge in [-0.3, -0.25) is 4.79 Å². The van der Waals surface area contributed by atoms with Crippen molar-refractivity contribution in [2.75, 3.05) is 6.61 Å². The summed E-state index contributed by atoms with van der Waals surface area (Å²) in [4.78, 5) is 24.2. The van der Waals surface area contributed by atoms with Gasteiger partial charge in [-0.25, -0.2) is 4.98 Å². The van der Waals surface area contributed by atoms with Crippen molar-refractivity contribution in [3.63, 3.8) is 0 Å². The molecule has 100 valence electrons. The number of aromatic nitrogens is 1. The summed E-state index contributed by atoms with van der Waals surface area (Å²) >= 11 is 0. The van der Waals surface area contributed by atoms with E-state index in [1.54, 1.807) is 0 Å². The van der Waals surface area contributed by atoms with E-state index in [-0.39, 0.29) is 18.1 Å². The van der Waals surface area contributed by atoms with Crippen LogP contribution in [0.4, 0.5) is 5.82 Å². The number of nitrogens with one attached hydrogen (secondary N) is 2. The topological polar surface area (TPSA) is 108 Å². The van der Waals surface area contributed by atoms with Crippen LogP contribution in [-0.2, 0) is 0 Å². The van der Waals surface area contributed by atoms with Crippen molar-refractivity contribution in [2.45, 2.75) is 32.2 Å². The van der Waals surface area contributed by atoms with Gasteiger partial charge < -0.3 is 20.5 Å². The summed E-state index contributed by atoms with van der Waals surface area (Å²) in [5, 5.41) is 22.5.